The number of anilines is 1. The molecule has 1 aromatic carbocycles. The molecule has 0 saturated carbocycles. The summed E-state index contributed by atoms with van der Waals surface area (Å²) in [5.41, 5.74) is 1.29. The lowest BCUT2D eigenvalue weighted by atomic mass is 10.1. The smallest absolute Gasteiger partial charge is 0.414 e. The average Bonchev–Trinajstić information content (AvgIpc) is 2.94. The maximum absolute atomic E-state index is 14.4. The highest BCUT2D eigenvalue weighted by atomic mass is 19.1. The Labute approximate surface area is 138 Å². The molecule has 24 heavy (non-hydrogen) atoms. The van der Waals surface area contributed by atoms with Crippen molar-refractivity contribution in [3.63, 3.8) is 0 Å². The van der Waals surface area contributed by atoms with Crippen LogP contribution in [0.4, 0.5) is 14.9 Å². The Morgan fingerprint density at radius 2 is 2.25 bits per heavy atom. The molecule has 1 N–H and O–H groups in total. The molecule has 0 unspecified atom stereocenters. The number of pyridine rings is 1. The monoisotopic (exact) mass is 329 g/mol. The van der Waals surface area contributed by atoms with Crippen LogP contribution in [0.2, 0.25) is 0 Å². The third-order valence-corrected chi connectivity index (χ3v) is 3.66. The second-order valence-electron chi connectivity index (χ2n) is 5.43. The molecular formula is C17H16FN3O3. The normalized spacial score (nSPS) is 16.8. The van der Waals surface area contributed by atoms with Crippen LogP contribution in [0.1, 0.15) is 6.92 Å². The predicted octanol–water partition coefficient (Wildman–Crippen LogP) is 2.35. The number of cyclic esters (lactones) is 1. The summed E-state index contributed by atoms with van der Waals surface area (Å²) in [6, 6.07) is 9.76. The molecule has 0 spiro atoms. The van der Waals surface area contributed by atoms with E-state index in [4.69, 9.17) is 4.74 Å². The fourth-order valence-corrected chi connectivity index (χ4v) is 2.50. The first-order valence-electron chi connectivity index (χ1n) is 7.48. The number of hydrogen-bond acceptors (Lipinski definition) is 4. The van der Waals surface area contributed by atoms with Crippen molar-refractivity contribution >= 4 is 17.7 Å². The van der Waals surface area contributed by atoms with Crippen molar-refractivity contribution in [1.82, 2.24) is 10.3 Å². The number of rotatable bonds is 4. The van der Waals surface area contributed by atoms with E-state index in [1.54, 1.807) is 36.5 Å². The molecule has 1 saturated heterocycles. The highest BCUT2D eigenvalue weighted by Crippen LogP contribution is 2.27. The third kappa shape index (κ3) is 3.34. The minimum atomic E-state index is -0.560. The van der Waals surface area contributed by atoms with Crippen LogP contribution in [0.5, 0.6) is 0 Å². The van der Waals surface area contributed by atoms with E-state index in [0.29, 0.717) is 16.9 Å². The minimum Gasteiger partial charge on any atom is -0.442 e. The molecule has 0 bridgehead atoms. The number of amides is 2. The number of ether oxygens (including phenoxy) is 1. The Morgan fingerprint density at radius 1 is 1.42 bits per heavy atom. The van der Waals surface area contributed by atoms with E-state index in [1.807, 2.05) is 0 Å². The van der Waals surface area contributed by atoms with Crippen molar-refractivity contribution in [3.05, 3.63) is 48.4 Å². The molecule has 1 aliphatic heterocycles. The summed E-state index contributed by atoms with van der Waals surface area (Å²) in [5, 5.41) is 2.60. The van der Waals surface area contributed by atoms with Crippen LogP contribution in [0, 0.1) is 5.82 Å². The van der Waals surface area contributed by atoms with Crippen LogP contribution < -0.4 is 10.2 Å². The standard InChI is InChI=1S/C17H16FN3O3/c1-11(22)20-9-13-10-21(17(23)24-13)12-5-6-14(15(18)8-12)16-4-2-3-7-19-16/h2-8,13H,9-10H2,1H3,(H,20,22)/t13-/m0/s1. The number of nitrogens with one attached hydrogen (secondary N) is 1. The molecule has 2 aromatic rings. The van der Waals surface area contributed by atoms with Gasteiger partial charge in [-0.2, -0.15) is 0 Å². The average molecular weight is 329 g/mol. The summed E-state index contributed by atoms with van der Waals surface area (Å²) in [4.78, 5) is 28.3. The van der Waals surface area contributed by atoms with Gasteiger partial charge in [0.15, 0.2) is 0 Å². The van der Waals surface area contributed by atoms with Crippen LogP contribution in [-0.2, 0) is 9.53 Å². The summed E-state index contributed by atoms with van der Waals surface area (Å²) >= 11 is 0. The van der Waals surface area contributed by atoms with Crippen LogP contribution in [-0.4, -0.2) is 36.2 Å². The Morgan fingerprint density at radius 3 is 2.92 bits per heavy atom. The van der Waals surface area contributed by atoms with Gasteiger partial charge in [0.05, 0.1) is 24.5 Å². The van der Waals surface area contributed by atoms with E-state index >= 15 is 0 Å². The van der Waals surface area contributed by atoms with Crippen LogP contribution in [0.3, 0.4) is 0 Å². The molecule has 0 aliphatic carbocycles. The fourth-order valence-electron chi connectivity index (χ4n) is 2.50. The van der Waals surface area contributed by atoms with Gasteiger partial charge in [-0.1, -0.05) is 6.07 Å². The molecule has 1 atom stereocenters. The molecule has 0 radical (unpaired) electrons. The zero-order valence-electron chi connectivity index (χ0n) is 13.0. The van der Waals surface area contributed by atoms with Crippen molar-refractivity contribution in [3.8, 4) is 11.3 Å². The zero-order chi connectivity index (χ0) is 17.1. The van der Waals surface area contributed by atoms with Crippen LogP contribution in [0.25, 0.3) is 11.3 Å². The van der Waals surface area contributed by atoms with Gasteiger partial charge < -0.3 is 10.1 Å². The van der Waals surface area contributed by atoms with Crippen molar-refractivity contribution in [2.75, 3.05) is 18.0 Å². The first kappa shape index (κ1) is 15.9. The molecule has 7 heteroatoms. The van der Waals surface area contributed by atoms with Gasteiger partial charge in [0.1, 0.15) is 11.9 Å². The largest absolute Gasteiger partial charge is 0.442 e. The minimum absolute atomic E-state index is 0.199. The number of nitrogens with zero attached hydrogens (tertiary/aromatic N) is 2. The Kier molecular flexibility index (Phi) is 4.41. The lowest BCUT2D eigenvalue weighted by molar-refractivity contribution is -0.119. The summed E-state index contributed by atoms with van der Waals surface area (Å²) in [6.07, 6.45) is 0.572. The highest BCUT2D eigenvalue weighted by molar-refractivity contribution is 5.90. The maximum Gasteiger partial charge on any atom is 0.414 e. The molecule has 2 heterocycles. The van der Waals surface area contributed by atoms with Gasteiger partial charge in [-0.15, -0.1) is 0 Å². The topological polar surface area (TPSA) is 71.5 Å². The summed E-state index contributed by atoms with van der Waals surface area (Å²) < 4.78 is 19.6. The molecule has 1 aliphatic rings. The summed E-state index contributed by atoms with van der Waals surface area (Å²) in [5.74, 6) is -0.667. The van der Waals surface area contributed by atoms with Gasteiger partial charge >= 0.3 is 6.09 Å². The van der Waals surface area contributed by atoms with E-state index in [-0.39, 0.29) is 19.0 Å². The number of carbonyl (C=O) groups excluding carboxylic acids is 2. The van der Waals surface area contributed by atoms with Crippen molar-refractivity contribution in [2.24, 2.45) is 0 Å². The second kappa shape index (κ2) is 6.66. The Balaban J connectivity index is 1.77. The molecule has 2 amide bonds. The van der Waals surface area contributed by atoms with Gasteiger partial charge in [-0.05, 0) is 30.3 Å². The van der Waals surface area contributed by atoms with Crippen molar-refractivity contribution < 1.29 is 18.7 Å². The van der Waals surface area contributed by atoms with E-state index in [1.165, 1.54) is 17.9 Å². The molecular weight excluding hydrogens is 313 g/mol. The van der Waals surface area contributed by atoms with E-state index in [2.05, 4.69) is 10.3 Å². The molecule has 6 nitrogen and oxygen atoms in total. The quantitative estimate of drug-likeness (QED) is 0.935. The van der Waals surface area contributed by atoms with Gasteiger partial charge in [-0.25, -0.2) is 9.18 Å². The van der Waals surface area contributed by atoms with Gasteiger partial charge in [-0.3, -0.25) is 14.7 Å². The SMILES string of the molecule is CC(=O)NC[C@H]1CN(c2ccc(-c3ccccn3)c(F)c2)C(=O)O1. The molecule has 1 aromatic heterocycles. The molecule has 3 rings (SSSR count). The first-order valence-corrected chi connectivity index (χ1v) is 7.48. The first-order chi connectivity index (χ1) is 11.5. The van der Waals surface area contributed by atoms with Crippen molar-refractivity contribution in [1.29, 1.82) is 0 Å². The number of carbonyl (C=O) groups is 2. The number of aromatic nitrogens is 1. The summed E-state index contributed by atoms with van der Waals surface area (Å²) in [7, 11) is 0. The lowest BCUT2D eigenvalue weighted by Crippen LogP contribution is -2.33. The van der Waals surface area contributed by atoms with Crippen molar-refractivity contribution in [2.45, 2.75) is 13.0 Å². The number of hydrogen-bond donors (Lipinski definition) is 1. The Bertz CT molecular complexity index is 767. The third-order valence-electron chi connectivity index (χ3n) is 3.66. The predicted molar refractivity (Wildman–Crippen MR) is 85.9 cm³/mol. The number of halogens is 1. The second-order valence-corrected chi connectivity index (χ2v) is 5.43. The van der Waals surface area contributed by atoms with E-state index in [0.717, 1.165) is 0 Å². The number of benzene rings is 1. The van der Waals surface area contributed by atoms with E-state index < -0.39 is 18.0 Å². The van der Waals surface area contributed by atoms with Gasteiger partial charge in [0.25, 0.3) is 0 Å². The van der Waals surface area contributed by atoms with Crippen LogP contribution in [0.15, 0.2) is 42.6 Å². The fraction of sp³-hybridized carbons (Fsp3) is 0.235. The Hall–Kier alpha value is -2.96. The van der Waals surface area contributed by atoms with E-state index in [9.17, 15) is 14.0 Å². The zero-order valence-corrected chi connectivity index (χ0v) is 13.0. The van der Waals surface area contributed by atoms with Gasteiger partial charge in [0.2, 0.25) is 5.91 Å². The molecule has 124 valence electrons. The maximum atomic E-state index is 14.4. The summed E-state index contributed by atoms with van der Waals surface area (Å²) in [6.45, 7) is 1.87. The van der Waals surface area contributed by atoms with Gasteiger partial charge in [0, 0.05) is 18.7 Å². The van der Waals surface area contributed by atoms with Crippen LogP contribution >= 0.6 is 0 Å². The molecule has 1 fully saturated rings. The lowest BCUT2D eigenvalue weighted by Gasteiger charge is -2.14. The highest BCUT2D eigenvalue weighted by Gasteiger charge is 2.32.